The van der Waals surface area contributed by atoms with Crippen molar-refractivity contribution in [3.8, 4) is 0 Å². The fourth-order valence-electron chi connectivity index (χ4n) is 1.19. The average Bonchev–Trinajstić information content (AvgIpc) is 2.74. The molecule has 0 radical (unpaired) electrons. The summed E-state index contributed by atoms with van der Waals surface area (Å²) in [4.78, 5) is 15.7. The van der Waals surface area contributed by atoms with Crippen LogP contribution in [0.15, 0.2) is 0 Å². The third kappa shape index (κ3) is 3.62. The van der Waals surface area contributed by atoms with Crippen molar-refractivity contribution in [2.24, 2.45) is 5.73 Å². The minimum Gasteiger partial charge on any atom is -0.348 e. The van der Waals surface area contributed by atoms with Crippen LogP contribution in [0.3, 0.4) is 0 Å². The molecule has 1 aromatic heterocycles. The van der Waals surface area contributed by atoms with E-state index >= 15 is 0 Å². The van der Waals surface area contributed by atoms with Crippen molar-refractivity contribution in [2.45, 2.75) is 39.2 Å². The number of rotatable bonds is 6. The van der Waals surface area contributed by atoms with Gasteiger partial charge in [0.2, 0.25) is 5.82 Å². The van der Waals surface area contributed by atoms with E-state index in [1.165, 1.54) is 0 Å². The van der Waals surface area contributed by atoms with E-state index < -0.39 is 0 Å². The van der Waals surface area contributed by atoms with Crippen molar-refractivity contribution in [3.05, 3.63) is 11.6 Å². The molecule has 0 aliphatic rings. The number of hydrogen-bond acceptors (Lipinski definition) is 4. The summed E-state index contributed by atoms with van der Waals surface area (Å²) < 4.78 is 0. The molecule has 0 fully saturated rings. The van der Waals surface area contributed by atoms with Gasteiger partial charge in [0.1, 0.15) is 5.82 Å². The number of nitrogens with zero attached hydrogens (tertiary/aromatic N) is 2. The lowest BCUT2D eigenvalue weighted by Gasteiger charge is -2.08. The van der Waals surface area contributed by atoms with Crippen LogP contribution >= 0.6 is 0 Å². The number of nitrogens with two attached hydrogens (primary N) is 1. The number of amides is 1. The molecule has 4 N–H and O–H groups in total. The molecule has 0 aliphatic carbocycles. The average molecular weight is 225 g/mol. The molecule has 0 saturated heterocycles. The summed E-state index contributed by atoms with van der Waals surface area (Å²) in [6, 6.07) is -0.0157. The molecule has 0 bridgehead atoms. The minimum absolute atomic E-state index is 0.0157. The van der Waals surface area contributed by atoms with E-state index in [2.05, 4.69) is 20.5 Å². The lowest BCUT2D eigenvalue weighted by Crippen LogP contribution is -2.37. The normalized spacial score (nSPS) is 12.4. The number of carbonyl (C=O) groups is 1. The van der Waals surface area contributed by atoms with Gasteiger partial charge in [-0.3, -0.25) is 9.89 Å². The maximum atomic E-state index is 11.6. The number of aromatic amines is 1. The standard InChI is InChI=1S/C10H19N5O/c1-3-5-8-13-9(15-14-8)10(16)12-6-7(11)4-2/h7H,3-6,11H2,1-2H3,(H,12,16)(H,13,14,15). The topological polar surface area (TPSA) is 96.7 Å². The molecular weight excluding hydrogens is 206 g/mol. The van der Waals surface area contributed by atoms with Crippen LogP contribution in [0.25, 0.3) is 0 Å². The summed E-state index contributed by atoms with van der Waals surface area (Å²) in [5.41, 5.74) is 5.69. The maximum Gasteiger partial charge on any atom is 0.291 e. The number of nitrogens with one attached hydrogen (secondary N) is 2. The molecular formula is C10H19N5O. The Hall–Kier alpha value is -1.43. The predicted molar refractivity (Wildman–Crippen MR) is 61.0 cm³/mol. The molecule has 1 amide bonds. The van der Waals surface area contributed by atoms with Crippen molar-refractivity contribution in [1.82, 2.24) is 20.5 Å². The van der Waals surface area contributed by atoms with E-state index in [-0.39, 0.29) is 17.8 Å². The van der Waals surface area contributed by atoms with Gasteiger partial charge >= 0.3 is 0 Å². The van der Waals surface area contributed by atoms with E-state index in [0.717, 1.165) is 25.1 Å². The summed E-state index contributed by atoms with van der Waals surface area (Å²) in [6.07, 6.45) is 2.60. The highest BCUT2D eigenvalue weighted by Crippen LogP contribution is 1.96. The zero-order chi connectivity index (χ0) is 12.0. The summed E-state index contributed by atoms with van der Waals surface area (Å²) in [7, 11) is 0. The van der Waals surface area contributed by atoms with Crippen molar-refractivity contribution in [3.63, 3.8) is 0 Å². The van der Waals surface area contributed by atoms with Gasteiger partial charge in [0, 0.05) is 19.0 Å². The van der Waals surface area contributed by atoms with Crippen LogP contribution in [0.4, 0.5) is 0 Å². The van der Waals surface area contributed by atoms with Gasteiger partial charge in [0.15, 0.2) is 0 Å². The summed E-state index contributed by atoms with van der Waals surface area (Å²) in [6.45, 7) is 4.47. The first-order chi connectivity index (χ1) is 7.67. The summed E-state index contributed by atoms with van der Waals surface area (Å²) >= 11 is 0. The van der Waals surface area contributed by atoms with E-state index in [0.29, 0.717) is 6.54 Å². The lowest BCUT2D eigenvalue weighted by atomic mass is 10.2. The third-order valence-corrected chi connectivity index (χ3v) is 2.27. The van der Waals surface area contributed by atoms with Gasteiger partial charge in [-0.25, -0.2) is 4.98 Å². The number of carbonyl (C=O) groups excluding carboxylic acids is 1. The van der Waals surface area contributed by atoms with E-state index in [4.69, 9.17) is 5.73 Å². The molecule has 0 aromatic carbocycles. The lowest BCUT2D eigenvalue weighted by molar-refractivity contribution is 0.0941. The third-order valence-electron chi connectivity index (χ3n) is 2.27. The number of H-pyrrole nitrogens is 1. The molecule has 0 aliphatic heterocycles. The quantitative estimate of drug-likeness (QED) is 0.645. The summed E-state index contributed by atoms with van der Waals surface area (Å²) in [5, 5.41) is 9.28. The summed E-state index contributed by atoms with van der Waals surface area (Å²) in [5.74, 6) is 0.654. The molecule has 6 heteroatoms. The molecule has 6 nitrogen and oxygen atoms in total. The van der Waals surface area contributed by atoms with Gasteiger partial charge in [-0.2, -0.15) is 0 Å². The second kappa shape index (κ2) is 6.22. The highest BCUT2D eigenvalue weighted by atomic mass is 16.2. The molecule has 1 heterocycles. The van der Waals surface area contributed by atoms with Gasteiger partial charge in [0.05, 0.1) is 0 Å². The molecule has 1 unspecified atom stereocenters. The van der Waals surface area contributed by atoms with Crippen molar-refractivity contribution < 1.29 is 4.79 Å². The smallest absolute Gasteiger partial charge is 0.291 e. The first-order valence-electron chi connectivity index (χ1n) is 5.62. The Morgan fingerprint density at radius 1 is 1.56 bits per heavy atom. The van der Waals surface area contributed by atoms with Gasteiger partial charge < -0.3 is 11.1 Å². The Balaban J connectivity index is 2.46. The second-order valence-electron chi connectivity index (χ2n) is 3.73. The maximum absolute atomic E-state index is 11.6. The van der Waals surface area contributed by atoms with Crippen LogP contribution in [-0.2, 0) is 6.42 Å². The SMILES string of the molecule is CCCc1nc(C(=O)NCC(N)CC)n[nH]1. The largest absolute Gasteiger partial charge is 0.348 e. The molecule has 0 spiro atoms. The second-order valence-corrected chi connectivity index (χ2v) is 3.73. The zero-order valence-electron chi connectivity index (χ0n) is 9.79. The van der Waals surface area contributed by atoms with Gasteiger partial charge in [-0.05, 0) is 12.8 Å². The monoisotopic (exact) mass is 225 g/mol. The zero-order valence-corrected chi connectivity index (χ0v) is 9.79. The molecule has 1 atom stereocenters. The van der Waals surface area contributed by atoms with Crippen LogP contribution in [0.2, 0.25) is 0 Å². The van der Waals surface area contributed by atoms with Gasteiger partial charge in [-0.15, -0.1) is 5.10 Å². The molecule has 1 aromatic rings. The van der Waals surface area contributed by atoms with E-state index in [1.54, 1.807) is 0 Å². The van der Waals surface area contributed by atoms with Gasteiger partial charge in [-0.1, -0.05) is 13.8 Å². The Morgan fingerprint density at radius 2 is 2.31 bits per heavy atom. The Kier molecular flexibility index (Phi) is 4.91. The van der Waals surface area contributed by atoms with Crippen LogP contribution in [0.1, 0.15) is 43.1 Å². The Bertz CT molecular complexity index is 336. The highest BCUT2D eigenvalue weighted by Gasteiger charge is 2.12. The highest BCUT2D eigenvalue weighted by molar-refractivity contribution is 5.90. The number of hydrogen-bond donors (Lipinski definition) is 3. The molecule has 1 rings (SSSR count). The number of aryl methyl sites for hydroxylation is 1. The van der Waals surface area contributed by atoms with Crippen molar-refractivity contribution in [1.29, 1.82) is 0 Å². The Morgan fingerprint density at radius 3 is 2.94 bits per heavy atom. The van der Waals surface area contributed by atoms with Crippen molar-refractivity contribution in [2.75, 3.05) is 6.54 Å². The molecule has 0 saturated carbocycles. The fourth-order valence-corrected chi connectivity index (χ4v) is 1.19. The first kappa shape index (κ1) is 12.6. The van der Waals surface area contributed by atoms with Crippen molar-refractivity contribution >= 4 is 5.91 Å². The van der Waals surface area contributed by atoms with Crippen LogP contribution in [0.5, 0.6) is 0 Å². The predicted octanol–water partition coefficient (Wildman–Crippen LogP) is 0.224. The molecule has 90 valence electrons. The fraction of sp³-hybridized carbons (Fsp3) is 0.700. The van der Waals surface area contributed by atoms with Gasteiger partial charge in [0.25, 0.3) is 5.91 Å². The number of aromatic nitrogens is 3. The van der Waals surface area contributed by atoms with Crippen LogP contribution < -0.4 is 11.1 Å². The Labute approximate surface area is 95.0 Å². The first-order valence-corrected chi connectivity index (χ1v) is 5.62. The van der Waals surface area contributed by atoms with Crippen LogP contribution in [0, 0.1) is 0 Å². The van der Waals surface area contributed by atoms with E-state index in [9.17, 15) is 4.79 Å². The van der Waals surface area contributed by atoms with E-state index in [1.807, 2.05) is 13.8 Å². The molecule has 16 heavy (non-hydrogen) atoms. The minimum atomic E-state index is -0.275. The van der Waals surface area contributed by atoms with Crippen LogP contribution in [-0.4, -0.2) is 33.7 Å².